The minimum atomic E-state index is -1.70. The van der Waals surface area contributed by atoms with Crippen LogP contribution in [-0.2, 0) is 47.7 Å². The highest BCUT2D eigenvalue weighted by atomic mass is 16.6. The van der Waals surface area contributed by atoms with Gasteiger partial charge in [0.1, 0.15) is 24.9 Å². The van der Waals surface area contributed by atoms with Crippen molar-refractivity contribution in [3.05, 3.63) is 0 Å². The molecule has 4 rings (SSSR count). The van der Waals surface area contributed by atoms with Gasteiger partial charge < -0.3 is 33.9 Å². The van der Waals surface area contributed by atoms with Gasteiger partial charge in [-0.1, -0.05) is 6.92 Å². The zero-order chi connectivity index (χ0) is 31.3. The van der Waals surface area contributed by atoms with Crippen molar-refractivity contribution < 1.29 is 57.9 Å². The second-order valence-electron chi connectivity index (χ2n) is 12.8. The van der Waals surface area contributed by atoms with Gasteiger partial charge in [-0.2, -0.15) is 0 Å². The molecule has 236 valence electrons. The van der Waals surface area contributed by atoms with Gasteiger partial charge in [0.05, 0.1) is 29.1 Å². The molecule has 0 aliphatic heterocycles. The molecule has 4 fully saturated rings. The fourth-order valence-corrected chi connectivity index (χ4v) is 9.23. The number of hydrogen-bond acceptors (Lipinski definition) is 12. The van der Waals surface area contributed by atoms with Gasteiger partial charge in [-0.3, -0.25) is 24.0 Å². The monoisotopic (exact) mass is 596 g/mol. The summed E-state index contributed by atoms with van der Waals surface area (Å²) in [4.78, 5) is 62.3. The Labute approximate surface area is 245 Å². The molecule has 0 radical (unpaired) electrons. The predicted molar refractivity (Wildman–Crippen MR) is 143 cm³/mol. The summed E-state index contributed by atoms with van der Waals surface area (Å²) in [6, 6.07) is 0. The van der Waals surface area contributed by atoms with E-state index >= 15 is 0 Å². The van der Waals surface area contributed by atoms with Crippen molar-refractivity contribution in [1.82, 2.24) is 0 Å². The molecule has 4 saturated carbocycles. The second kappa shape index (κ2) is 11.4. The molecule has 0 aromatic rings. The van der Waals surface area contributed by atoms with Crippen LogP contribution in [0.1, 0.15) is 86.5 Å². The van der Waals surface area contributed by atoms with E-state index in [1.54, 1.807) is 6.92 Å². The van der Waals surface area contributed by atoms with Gasteiger partial charge in [-0.15, -0.1) is 0 Å². The minimum absolute atomic E-state index is 0.000106. The summed E-state index contributed by atoms with van der Waals surface area (Å²) in [5, 5.41) is 25.1. The largest absolute Gasteiger partial charge is 0.466 e. The molecule has 0 aromatic heterocycles. The highest BCUT2D eigenvalue weighted by Crippen LogP contribution is 2.71. The standard InChI is InChI=1S/C30H44O12/c1-7-38-26(35)22-9-11-30(37)21-8-10-28(36)13-20(40-17(3)32)12-24(42-19(5)34)29(28,15-39-16(2)31)25(21)23(41-18(4)33)14-27(22,30)6/h20-25,36-37H,7-15H2,1-6H3/t20-,21+,22+,23+,24-,25+,27+,28+,29+,30+/m0/s1. The smallest absolute Gasteiger partial charge is 0.309 e. The Morgan fingerprint density at radius 3 is 2.02 bits per heavy atom. The summed E-state index contributed by atoms with van der Waals surface area (Å²) < 4.78 is 28.3. The van der Waals surface area contributed by atoms with E-state index < -0.39 is 94.6 Å². The number of ether oxygens (including phenoxy) is 5. The Bertz CT molecular complexity index is 1120. The van der Waals surface area contributed by atoms with Crippen LogP contribution in [0.15, 0.2) is 0 Å². The first-order valence-corrected chi connectivity index (χ1v) is 14.8. The molecule has 0 heterocycles. The van der Waals surface area contributed by atoms with Crippen LogP contribution < -0.4 is 0 Å². The SMILES string of the molecule is CCOC(=O)[C@H]1CC[C@@]2(O)[C@@H]3CC[C@@]4(O)C[C@@H](OC(C)=O)C[C@H](OC(C)=O)[C@]4(COC(C)=O)[C@H]3[C@H](OC(C)=O)C[C@]12C. The van der Waals surface area contributed by atoms with Crippen LogP contribution >= 0.6 is 0 Å². The maximum Gasteiger partial charge on any atom is 0.309 e. The van der Waals surface area contributed by atoms with Gasteiger partial charge in [0, 0.05) is 51.9 Å². The summed E-state index contributed by atoms with van der Waals surface area (Å²) >= 11 is 0. The van der Waals surface area contributed by atoms with E-state index in [0.717, 1.165) is 0 Å². The van der Waals surface area contributed by atoms with E-state index in [4.69, 9.17) is 23.7 Å². The first-order chi connectivity index (χ1) is 19.5. The van der Waals surface area contributed by atoms with Crippen molar-refractivity contribution in [1.29, 1.82) is 0 Å². The number of fused-ring (bicyclic) bond motifs is 5. The number of carbonyl (C=O) groups is 5. The zero-order valence-corrected chi connectivity index (χ0v) is 25.3. The van der Waals surface area contributed by atoms with E-state index in [1.807, 2.05) is 6.92 Å². The minimum Gasteiger partial charge on any atom is -0.466 e. The van der Waals surface area contributed by atoms with Crippen molar-refractivity contribution in [3.63, 3.8) is 0 Å². The van der Waals surface area contributed by atoms with Crippen molar-refractivity contribution in [2.45, 2.75) is 116 Å². The summed E-state index contributed by atoms with van der Waals surface area (Å²) in [7, 11) is 0. The molecule has 0 aromatic carbocycles. The molecule has 2 N–H and O–H groups in total. The molecule has 0 unspecified atom stereocenters. The fraction of sp³-hybridized carbons (Fsp3) is 0.833. The Morgan fingerprint density at radius 1 is 0.810 bits per heavy atom. The molecule has 12 heteroatoms. The molecule has 0 amide bonds. The summed E-state index contributed by atoms with van der Waals surface area (Å²) in [5.74, 6) is -5.05. The molecule has 42 heavy (non-hydrogen) atoms. The van der Waals surface area contributed by atoms with Crippen molar-refractivity contribution in [2.75, 3.05) is 13.2 Å². The average Bonchev–Trinajstić information content (AvgIpc) is 3.12. The van der Waals surface area contributed by atoms with Crippen LogP contribution in [0.3, 0.4) is 0 Å². The molecule has 0 spiro atoms. The highest BCUT2D eigenvalue weighted by molar-refractivity contribution is 5.74. The Morgan fingerprint density at radius 2 is 1.45 bits per heavy atom. The molecule has 4 aliphatic rings. The maximum atomic E-state index is 13.1. The van der Waals surface area contributed by atoms with Crippen LogP contribution in [0.25, 0.3) is 0 Å². The van der Waals surface area contributed by atoms with E-state index in [1.165, 1.54) is 27.7 Å². The fourth-order valence-electron chi connectivity index (χ4n) is 9.23. The summed E-state index contributed by atoms with van der Waals surface area (Å²) in [6.45, 7) is 8.24. The van der Waals surface area contributed by atoms with Gasteiger partial charge in [0.25, 0.3) is 0 Å². The first-order valence-electron chi connectivity index (χ1n) is 14.8. The lowest BCUT2D eigenvalue weighted by atomic mass is 9.40. The molecule has 0 bridgehead atoms. The van der Waals surface area contributed by atoms with Crippen molar-refractivity contribution >= 4 is 29.8 Å². The van der Waals surface area contributed by atoms with Crippen LogP contribution in [0.4, 0.5) is 0 Å². The van der Waals surface area contributed by atoms with E-state index in [9.17, 15) is 34.2 Å². The Kier molecular flexibility index (Phi) is 8.74. The third-order valence-electron chi connectivity index (χ3n) is 10.6. The molecular formula is C30H44O12. The van der Waals surface area contributed by atoms with Crippen LogP contribution in [0.5, 0.6) is 0 Å². The number of rotatable bonds is 7. The van der Waals surface area contributed by atoms with Gasteiger partial charge >= 0.3 is 29.8 Å². The van der Waals surface area contributed by atoms with E-state index in [2.05, 4.69) is 0 Å². The topological polar surface area (TPSA) is 172 Å². The van der Waals surface area contributed by atoms with Crippen molar-refractivity contribution in [2.24, 2.45) is 28.6 Å². The summed E-state index contributed by atoms with van der Waals surface area (Å²) in [6.07, 6.45) is -1.89. The highest BCUT2D eigenvalue weighted by Gasteiger charge is 2.77. The third kappa shape index (κ3) is 5.08. The second-order valence-corrected chi connectivity index (χ2v) is 12.8. The van der Waals surface area contributed by atoms with Gasteiger partial charge in [0.2, 0.25) is 0 Å². The predicted octanol–water partition coefficient (Wildman–Crippen LogP) is 2.00. The number of carbonyl (C=O) groups excluding carboxylic acids is 5. The average molecular weight is 597 g/mol. The lowest BCUT2D eigenvalue weighted by Crippen LogP contribution is -2.76. The first kappa shape index (κ1) is 32.2. The normalized spacial score (nSPS) is 42.2. The molecule has 0 saturated heterocycles. The molecular weight excluding hydrogens is 552 g/mol. The maximum absolute atomic E-state index is 13.1. The quantitative estimate of drug-likeness (QED) is 0.324. The molecule has 12 nitrogen and oxygen atoms in total. The zero-order valence-electron chi connectivity index (χ0n) is 25.3. The van der Waals surface area contributed by atoms with E-state index in [-0.39, 0.29) is 45.1 Å². The van der Waals surface area contributed by atoms with Crippen LogP contribution in [-0.4, -0.2) is 82.8 Å². The van der Waals surface area contributed by atoms with Gasteiger partial charge in [-0.05, 0) is 44.9 Å². The Balaban J connectivity index is 1.92. The number of hydrogen-bond donors (Lipinski definition) is 2. The number of aliphatic hydroxyl groups is 2. The number of esters is 5. The van der Waals surface area contributed by atoms with Crippen molar-refractivity contribution in [3.8, 4) is 0 Å². The van der Waals surface area contributed by atoms with E-state index in [0.29, 0.717) is 6.42 Å². The lowest BCUT2D eigenvalue weighted by Gasteiger charge is -2.68. The third-order valence-corrected chi connectivity index (χ3v) is 10.6. The van der Waals surface area contributed by atoms with Crippen LogP contribution in [0.2, 0.25) is 0 Å². The van der Waals surface area contributed by atoms with Gasteiger partial charge in [-0.25, -0.2) is 0 Å². The molecule has 4 aliphatic carbocycles. The summed E-state index contributed by atoms with van der Waals surface area (Å²) in [5.41, 5.74) is -5.72. The lowest BCUT2D eigenvalue weighted by molar-refractivity contribution is -0.320. The Hall–Kier alpha value is -2.73. The molecule has 10 atom stereocenters. The van der Waals surface area contributed by atoms with Gasteiger partial charge in [0.15, 0.2) is 0 Å². The van der Waals surface area contributed by atoms with Crippen LogP contribution in [0, 0.1) is 28.6 Å².